The molecule has 5 nitrogen and oxygen atoms in total. The smallest absolute Gasteiger partial charge is 0.323 e. The van der Waals surface area contributed by atoms with Gasteiger partial charge in [0.05, 0.1) is 0 Å². The lowest BCUT2D eigenvalue weighted by Crippen LogP contribution is -2.22. The molecule has 0 spiro atoms. The molecule has 0 heterocycles. The summed E-state index contributed by atoms with van der Waals surface area (Å²) in [5.41, 5.74) is 3.87. The minimum atomic E-state index is -0.240. The van der Waals surface area contributed by atoms with Gasteiger partial charge in [-0.2, -0.15) is 0 Å². The van der Waals surface area contributed by atoms with E-state index in [0.717, 1.165) is 48.9 Å². The molecule has 0 saturated carbocycles. The van der Waals surface area contributed by atoms with Crippen LogP contribution in [0.3, 0.4) is 0 Å². The molecular formula is C21H30N4O. The van der Waals surface area contributed by atoms with Crippen LogP contribution in [0.2, 0.25) is 0 Å². The van der Waals surface area contributed by atoms with E-state index in [-0.39, 0.29) is 6.03 Å². The summed E-state index contributed by atoms with van der Waals surface area (Å²) in [5, 5.41) is 5.75. The van der Waals surface area contributed by atoms with Crippen molar-refractivity contribution >= 4 is 28.8 Å². The first-order valence-electron chi connectivity index (χ1n) is 9.39. The van der Waals surface area contributed by atoms with Crippen molar-refractivity contribution in [2.24, 2.45) is 0 Å². The van der Waals surface area contributed by atoms with Gasteiger partial charge in [-0.3, -0.25) is 0 Å². The van der Waals surface area contributed by atoms with Crippen molar-refractivity contribution in [2.45, 2.75) is 27.7 Å². The Kier molecular flexibility index (Phi) is 7.33. The lowest BCUT2D eigenvalue weighted by atomic mass is 10.2. The third kappa shape index (κ3) is 5.15. The summed E-state index contributed by atoms with van der Waals surface area (Å²) in [6, 6.07) is 15.6. The normalized spacial score (nSPS) is 10.3. The number of amides is 2. The van der Waals surface area contributed by atoms with E-state index >= 15 is 0 Å². The lowest BCUT2D eigenvalue weighted by Gasteiger charge is -2.21. The highest BCUT2D eigenvalue weighted by atomic mass is 16.2. The summed E-state index contributed by atoms with van der Waals surface area (Å²) in [6.45, 7) is 12.4. The third-order valence-corrected chi connectivity index (χ3v) is 4.51. The van der Waals surface area contributed by atoms with E-state index in [1.165, 1.54) is 0 Å². The Bertz CT molecular complexity index is 615. The molecular weight excluding hydrogens is 324 g/mol. The maximum absolute atomic E-state index is 12.2. The van der Waals surface area contributed by atoms with Crippen LogP contribution in [0.5, 0.6) is 0 Å². The summed E-state index contributed by atoms with van der Waals surface area (Å²) >= 11 is 0. The molecule has 0 aliphatic heterocycles. The van der Waals surface area contributed by atoms with Crippen molar-refractivity contribution in [2.75, 3.05) is 46.6 Å². The van der Waals surface area contributed by atoms with E-state index in [1.807, 2.05) is 48.5 Å². The molecule has 0 radical (unpaired) electrons. The molecule has 0 bridgehead atoms. The van der Waals surface area contributed by atoms with Crippen molar-refractivity contribution in [3.63, 3.8) is 0 Å². The second-order valence-corrected chi connectivity index (χ2v) is 6.02. The maximum Gasteiger partial charge on any atom is 0.323 e. The maximum atomic E-state index is 12.2. The molecule has 2 aromatic carbocycles. The van der Waals surface area contributed by atoms with Crippen molar-refractivity contribution in [3.8, 4) is 0 Å². The molecule has 0 unspecified atom stereocenters. The zero-order valence-electron chi connectivity index (χ0n) is 16.2. The number of anilines is 4. The van der Waals surface area contributed by atoms with Crippen LogP contribution in [-0.4, -0.2) is 32.2 Å². The van der Waals surface area contributed by atoms with Gasteiger partial charge in [-0.15, -0.1) is 0 Å². The van der Waals surface area contributed by atoms with Crippen LogP contribution in [0.25, 0.3) is 0 Å². The molecule has 0 aromatic heterocycles. The van der Waals surface area contributed by atoms with Gasteiger partial charge in [-0.1, -0.05) is 0 Å². The summed E-state index contributed by atoms with van der Waals surface area (Å²) in [6.07, 6.45) is 0. The molecule has 2 aromatic rings. The number of rotatable bonds is 8. The van der Waals surface area contributed by atoms with Crippen LogP contribution in [0.4, 0.5) is 27.5 Å². The van der Waals surface area contributed by atoms with Crippen molar-refractivity contribution in [1.29, 1.82) is 0 Å². The average Bonchev–Trinajstić information content (AvgIpc) is 2.66. The second-order valence-electron chi connectivity index (χ2n) is 6.02. The first kappa shape index (κ1) is 19.6. The standard InChI is InChI=1S/C21H30N4O/c1-5-24(6-2)19-13-9-17(10-14-19)22-21(26)23-18-11-15-20(16-12-18)25(7-3)8-4/h9-16H,5-8H2,1-4H3,(H2,22,23,26). The average molecular weight is 354 g/mol. The van der Waals surface area contributed by atoms with Crippen LogP contribution in [0.15, 0.2) is 48.5 Å². The highest BCUT2D eigenvalue weighted by Crippen LogP contribution is 2.19. The largest absolute Gasteiger partial charge is 0.372 e. The molecule has 5 heteroatoms. The van der Waals surface area contributed by atoms with Gasteiger partial charge in [0.2, 0.25) is 0 Å². The molecule has 26 heavy (non-hydrogen) atoms. The summed E-state index contributed by atoms with van der Waals surface area (Å²) in [7, 11) is 0. The van der Waals surface area contributed by atoms with Crippen LogP contribution < -0.4 is 20.4 Å². The molecule has 140 valence electrons. The number of carbonyl (C=O) groups excluding carboxylic acids is 1. The SMILES string of the molecule is CCN(CC)c1ccc(NC(=O)Nc2ccc(N(CC)CC)cc2)cc1. The van der Waals surface area contributed by atoms with E-state index in [2.05, 4.69) is 48.1 Å². The number of benzene rings is 2. The minimum absolute atomic E-state index is 0.240. The van der Waals surface area contributed by atoms with E-state index in [1.54, 1.807) is 0 Å². The van der Waals surface area contributed by atoms with E-state index < -0.39 is 0 Å². The van der Waals surface area contributed by atoms with Gasteiger partial charge in [-0.05, 0) is 76.2 Å². The van der Waals surface area contributed by atoms with Crippen molar-refractivity contribution in [1.82, 2.24) is 0 Å². The Labute approximate surface area is 157 Å². The van der Waals surface area contributed by atoms with Gasteiger partial charge in [0.25, 0.3) is 0 Å². The summed E-state index contributed by atoms with van der Waals surface area (Å²) in [5.74, 6) is 0. The van der Waals surface area contributed by atoms with E-state index in [4.69, 9.17) is 0 Å². The summed E-state index contributed by atoms with van der Waals surface area (Å²) in [4.78, 5) is 16.7. The van der Waals surface area contributed by atoms with Crippen LogP contribution in [0.1, 0.15) is 27.7 Å². The Morgan fingerprint density at radius 2 is 0.962 bits per heavy atom. The Hall–Kier alpha value is -2.69. The van der Waals surface area contributed by atoms with Gasteiger partial charge in [0.15, 0.2) is 0 Å². The Morgan fingerprint density at radius 1 is 0.654 bits per heavy atom. The zero-order valence-corrected chi connectivity index (χ0v) is 16.2. The molecule has 0 aliphatic rings. The first-order chi connectivity index (χ1) is 12.6. The van der Waals surface area contributed by atoms with Gasteiger partial charge < -0.3 is 20.4 Å². The molecule has 0 fully saturated rings. The molecule has 2 amide bonds. The van der Waals surface area contributed by atoms with Crippen molar-refractivity contribution in [3.05, 3.63) is 48.5 Å². The van der Waals surface area contributed by atoms with E-state index in [0.29, 0.717) is 0 Å². The van der Waals surface area contributed by atoms with Crippen LogP contribution in [0, 0.1) is 0 Å². The Morgan fingerprint density at radius 3 is 1.23 bits per heavy atom. The monoisotopic (exact) mass is 354 g/mol. The molecule has 0 aliphatic carbocycles. The number of hydrogen-bond donors (Lipinski definition) is 2. The fourth-order valence-corrected chi connectivity index (χ4v) is 2.98. The van der Waals surface area contributed by atoms with E-state index in [9.17, 15) is 4.79 Å². The van der Waals surface area contributed by atoms with Crippen LogP contribution in [-0.2, 0) is 0 Å². The molecule has 2 rings (SSSR count). The minimum Gasteiger partial charge on any atom is -0.372 e. The zero-order chi connectivity index (χ0) is 18.9. The van der Waals surface area contributed by atoms with Gasteiger partial charge in [0, 0.05) is 48.9 Å². The molecule has 2 N–H and O–H groups in total. The van der Waals surface area contributed by atoms with Crippen LogP contribution >= 0.6 is 0 Å². The number of nitrogens with one attached hydrogen (secondary N) is 2. The molecule has 0 atom stereocenters. The fraction of sp³-hybridized carbons (Fsp3) is 0.381. The fourth-order valence-electron chi connectivity index (χ4n) is 2.98. The number of urea groups is 1. The number of hydrogen-bond acceptors (Lipinski definition) is 3. The molecule has 0 saturated heterocycles. The Balaban J connectivity index is 1.94. The predicted octanol–water partition coefficient (Wildman–Crippen LogP) is 5.02. The highest BCUT2D eigenvalue weighted by Gasteiger charge is 2.06. The number of nitrogens with zero attached hydrogens (tertiary/aromatic N) is 2. The topological polar surface area (TPSA) is 47.6 Å². The number of carbonyl (C=O) groups is 1. The quantitative estimate of drug-likeness (QED) is 0.699. The van der Waals surface area contributed by atoms with Gasteiger partial charge >= 0.3 is 6.03 Å². The van der Waals surface area contributed by atoms with Crippen molar-refractivity contribution < 1.29 is 4.79 Å². The van der Waals surface area contributed by atoms with Gasteiger partial charge in [-0.25, -0.2) is 4.79 Å². The lowest BCUT2D eigenvalue weighted by molar-refractivity contribution is 0.262. The second kappa shape index (κ2) is 9.70. The predicted molar refractivity (Wildman–Crippen MR) is 113 cm³/mol. The first-order valence-corrected chi connectivity index (χ1v) is 9.39. The van der Waals surface area contributed by atoms with Gasteiger partial charge in [0.1, 0.15) is 0 Å². The summed E-state index contributed by atoms with van der Waals surface area (Å²) < 4.78 is 0. The third-order valence-electron chi connectivity index (χ3n) is 4.51. The highest BCUT2D eigenvalue weighted by molar-refractivity contribution is 5.99.